The Bertz CT molecular complexity index is 948. The normalized spacial score (nSPS) is 10.2. The highest BCUT2D eigenvalue weighted by atomic mass is 16.2. The molecule has 1 N–H and O–H groups in total. The molecule has 1 amide bonds. The number of benzene rings is 2. The van der Waals surface area contributed by atoms with Gasteiger partial charge >= 0.3 is 0 Å². The van der Waals surface area contributed by atoms with E-state index in [0.29, 0.717) is 11.1 Å². The Morgan fingerprint density at radius 1 is 1.00 bits per heavy atom. The fraction of sp³-hybridized carbons (Fsp3) is 0.105. The maximum absolute atomic E-state index is 11.8. The number of nitriles is 2. The molecule has 7 nitrogen and oxygen atoms in total. The van der Waals surface area contributed by atoms with Crippen molar-refractivity contribution in [2.45, 2.75) is 6.04 Å². The molecule has 1 heterocycles. The highest BCUT2D eigenvalue weighted by Gasteiger charge is 2.20. The van der Waals surface area contributed by atoms with E-state index in [0.717, 1.165) is 11.1 Å². The van der Waals surface area contributed by atoms with Crippen LogP contribution in [0.3, 0.4) is 0 Å². The van der Waals surface area contributed by atoms with Gasteiger partial charge in [0.15, 0.2) is 0 Å². The third kappa shape index (κ3) is 3.28. The maximum atomic E-state index is 11.8. The Hall–Kier alpha value is -3.97. The molecule has 0 aliphatic carbocycles. The first-order chi connectivity index (χ1) is 12.7. The SMILES string of the molecule is CNC(=O)c1ncn(C(c2ccc(C#N)cc2)c2ccc(C#N)cc2)n1. The van der Waals surface area contributed by atoms with Gasteiger partial charge in [0, 0.05) is 7.05 Å². The first-order valence-corrected chi connectivity index (χ1v) is 7.79. The lowest BCUT2D eigenvalue weighted by molar-refractivity contribution is 0.0952. The predicted octanol–water partition coefficient (Wildman–Crippen LogP) is 2.02. The van der Waals surface area contributed by atoms with Crippen molar-refractivity contribution in [3.05, 3.63) is 82.9 Å². The Kier molecular flexibility index (Phi) is 4.73. The summed E-state index contributed by atoms with van der Waals surface area (Å²) in [6.45, 7) is 0. The summed E-state index contributed by atoms with van der Waals surface area (Å²) >= 11 is 0. The Morgan fingerprint density at radius 3 is 1.92 bits per heavy atom. The average molecular weight is 342 g/mol. The summed E-state index contributed by atoms with van der Waals surface area (Å²) in [5.74, 6) is -0.304. The van der Waals surface area contributed by atoms with Crippen molar-refractivity contribution in [3.63, 3.8) is 0 Å². The summed E-state index contributed by atoms with van der Waals surface area (Å²) in [5.41, 5.74) is 2.86. The fourth-order valence-electron chi connectivity index (χ4n) is 2.59. The lowest BCUT2D eigenvalue weighted by Gasteiger charge is -2.18. The number of hydrogen-bond donors (Lipinski definition) is 1. The van der Waals surface area contributed by atoms with E-state index in [1.54, 1.807) is 28.9 Å². The third-order valence-electron chi connectivity index (χ3n) is 3.91. The molecular formula is C19H14N6O. The van der Waals surface area contributed by atoms with Gasteiger partial charge in [0.25, 0.3) is 5.91 Å². The lowest BCUT2D eigenvalue weighted by Crippen LogP contribution is -2.20. The zero-order valence-electron chi connectivity index (χ0n) is 13.9. The lowest BCUT2D eigenvalue weighted by atomic mass is 9.97. The van der Waals surface area contributed by atoms with Gasteiger partial charge in [-0.05, 0) is 35.4 Å². The second kappa shape index (κ2) is 7.29. The van der Waals surface area contributed by atoms with Gasteiger partial charge in [0.2, 0.25) is 5.82 Å². The van der Waals surface area contributed by atoms with Gasteiger partial charge < -0.3 is 5.32 Å². The van der Waals surface area contributed by atoms with Crippen molar-refractivity contribution in [1.82, 2.24) is 20.1 Å². The van der Waals surface area contributed by atoms with E-state index in [2.05, 4.69) is 27.5 Å². The first kappa shape index (κ1) is 16.9. The molecule has 0 saturated heterocycles. The molecule has 1 aromatic heterocycles. The third-order valence-corrected chi connectivity index (χ3v) is 3.91. The van der Waals surface area contributed by atoms with Crippen LogP contribution in [0.1, 0.15) is 38.9 Å². The van der Waals surface area contributed by atoms with Crippen LogP contribution in [-0.4, -0.2) is 27.7 Å². The number of carbonyl (C=O) groups is 1. The minimum atomic E-state index is -0.373. The molecule has 0 aliphatic rings. The minimum Gasteiger partial charge on any atom is -0.352 e. The molecule has 3 rings (SSSR count). The fourth-order valence-corrected chi connectivity index (χ4v) is 2.59. The summed E-state index contributed by atoms with van der Waals surface area (Å²) in [5, 5.41) is 24.8. The average Bonchev–Trinajstić information content (AvgIpc) is 3.18. The standard InChI is InChI=1S/C19H14N6O/c1-22-19(26)18-23-12-25(24-18)17(15-6-2-13(10-20)3-7-15)16-8-4-14(11-21)5-9-16/h2-9,12,17H,1H3,(H,22,26). The van der Waals surface area contributed by atoms with Gasteiger partial charge in [-0.1, -0.05) is 24.3 Å². The number of amides is 1. The van der Waals surface area contributed by atoms with Crippen molar-refractivity contribution in [2.24, 2.45) is 0 Å². The molecule has 0 unspecified atom stereocenters. The predicted molar refractivity (Wildman–Crippen MR) is 93.0 cm³/mol. The van der Waals surface area contributed by atoms with Gasteiger partial charge in [-0.3, -0.25) is 4.79 Å². The summed E-state index contributed by atoms with van der Waals surface area (Å²) in [6, 6.07) is 18.1. The summed E-state index contributed by atoms with van der Waals surface area (Å²) in [7, 11) is 1.52. The van der Waals surface area contributed by atoms with E-state index in [-0.39, 0.29) is 17.8 Å². The van der Waals surface area contributed by atoms with Crippen LogP contribution in [0.15, 0.2) is 54.9 Å². The van der Waals surface area contributed by atoms with Crippen LogP contribution in [0, 0.1) is 22.7 Å². The molecule has 0 saturated carbocycles. The molecule has 0 bridgehead atoms. The molecule has 3 aromatic rings. The molecule has 7 heteroatoms. The van der Waals surface area contributed by atoms with Crippen molar-refractivity contribution in [2.75, 3.05) is 7.05 Å². The number of rotatable bonds is 4. The summed E-state index contributed by atoms with van der Waals surface area (Å²) in [4.78, 5) is 15.8. The van der Waals surface area contributed by atoms with Gasteiger partial charge in [-0.25, -0.2) is 9.67 Å². The van der Waals surface area contributed by atoms with E-state index in [4.69, 9.17) is 10.5 Å². The van der Waals surface area contributed by atoms with Crippen molar-refractivity contribution >= 4 is 5.91 Å². The number of hydrogen-bond acceptors (Lipinski definition) is 5. The zero-order chi connectivity index (χ0) is 18.5. The van der Waals surface area contributed by atoms with Gasteiger partial charge in [-0.2, -0.15) is 10.5 Å². The molecule has 126 valence electrons. The van der Waals surface area contributed by atoms with Crippen LogP contribution in [0.2, 0.25) is 0 Å². The molecule has 0 atom stereocenters. The monoisotopic (exact) mass is 342 g/mol. The smallest absolute Gasteiger partial charge is 0.290 e. The number of nitrogens with one attached hydrogen (secondary N) is 1. The van der Waals surface area contributed by atoms with Crippen molar-refractivity contribution in [3.8, 4) is 12.1 Å². The molecular weight excluding hydrogens is 328 g/mol. The largest absolute Gasteiger partial charge is 0.352 e. The van der Waals surface area contributed by atoms with Gasteiger partial charge in [0.1, 0.15) is 12.4 Å². The first-order valence-electron chi connectivity index (χ1n) is 7.79. The molecule has 2 aromatic carbocycles. The molecule has 0 aliphatic heterocycles. The van der Waals surface area contributed by atoms with Gasteiger partial charge in [0.05, 0.1) is 23.3 Å². The highest BCUT2D eigenvalue weighted by Crippen LogP contribution is 2.26. The van der Waals surface area contributed by atoms with Crippen molar-refractivity contribution in [1.29, 1.82) is 10.5 Å². The van der Waals surface area contributed by atoms with Crippen LogP contribution in [0.25, 0.3) is 0 Å². The van der Waals surface area contributed by atoms with Crippen molar-refractivity contribution < 1.29 is 4.79 Å². The van der Waals surface area contributed by atoms with Crippen LogP contribution in [-0.2, 0) is 0 Å². The van der Waals surface area contributed by atoms with Crippen LogP contribution in [0.4, 0.5) is 0 Å². The second-order valence-corrected chi connectivity index (χ2v) is 5.50. The summed E-state index contributed by atoms with van der Waals surface area (Å²) < 4.78 is 1.59. The maximum Gasteiger partial charge on any atom is 0.290 e. The molecule has 0 spiro atoms. The van der Waals surface area contributed by atoms with Crippen LogP contribution >= 0.6 is 0 Å². The highest BCUT2D eigenvalue weighted by molar-refractivity contribution is 5.89. The summed E-state index contributed by atoms with van der Waals surface area (Å²) in [6.07, 6.45) is 1.49. The van der Waals surface area contributed by atoms with E-state index in [1.165, 1.54) is 13.4 Å². The number of carbonyl (C=O) groups excluding carboxylic acids is 1. The van der Waals surface area contributed by atoms with E-state index >= 15 is 0 Å². The Labute approximate surface area is 150 Å². The van der Waals surface area contributed by atoms with E-state index in [1.807, 2.05) is 24.3 Å². The number of aromatic nitrogens is 3. The molecule has 0 fully saturated rings. The van der Waals surface area contributed by atoms with E-state index < -0.39 is 0 Å². The second-order valence-electron chi connectivity index (χ2n) is 5.50. The zero-order valence-corrected chi connectivity index (χ0v) is 13.9. The van der Waals surface area contributed by atoms with Gasteiger partial charge in [-0.15, -0.1) is 5.10 Å². The van der Waals surface area contributed by atoms with Crippen LogP contribution in [0.5, 0.6) is 0 Å². The quantitative estimate of drug-likeness (QED) is 0.780. The molecule has 0 radical (unpaired) electrons. The van der Waals surface area contributed by atoms with Crippen LogP contribution < -0.4 is 5.32 Å². The Balaban J connectivity index is 2.08. The molecule has 26 heavy (non-hydrogen) atoms. The Morgan fingerprint density at radius 2 is 1.50 bits per heavy atom. The topological polar surface area (TPSA) is 107 Å². The minimum absolute atomic E-state index is 0.0693. The number of nitrogens with zero attached hydrogens (tertiary/aromatic N) is 5. The van der Waals surface area contributed by atoms with E-state index in [9.17, 15) is 4.79 Å².